The molecule has 124 valence electrons. The maximum absolute atomic E-state index is 12.0. The number of nitrogens with one attached hydrogen (secondary N) is 1. The first-order chi connectivity index (χ1) is 10.1. The molecule has 1 heterocycles. The largest absolute Gasteiger partial charge is 0.389 e. The van der Waals surface area contributed by atoms with Crippen molar-refractivity contribution in [2.75, 3.05) is 6.54 Å². The maximum atomic E-state index is 12.0. The van der Waals surface area contributed by atoms with Gasteiger partial charge in [0.1, 0.15) is 6.54 Å². The Bertz CT molecular complexity index is 502. The minimum absolute atomic E-state index is 0. The molecule has 1 aromatic rings. The van der Waals surface area contributed by atoms with Gasteiger partial charge in [0.25, 0.3) is 0 Å². The van der Waals surface area contributed by atoms with E-state index in [1.54, 1.807) is 0 Å². The van der Waals surface area contributed by atoms with E-state index in [0.717, 1.165) is 12.8 Å². The van der Waals surface area contributed by atoms with Gasteiger partial charge in [-0.2, -0.15) is 4.68 Å². The standard InChI is InChI=1S/C13H21N5O3.ClH/c14-8-11(10-4-2-1-3-5-10)15-13(19)9-17-7-6-12(16-17)18(20)21;/h6-7,10-11H,1-5,8-9,14H2,(H,15,19);1H. The number of nitrogens with two attached hydrogens (primary N) is 1. The topological polar surface area (TPSA) is 116 Å². The highest BCUT2D eigenvalue weighted by Gasteiger charge is 2.24. The number of aromatic nitrogens is 2. The number of hydrogen-bond acceptors (Lipinski definition) is 5. The van der Waals surface area contributed by atoms with Crippen LogP contribution in [-0.2, 0) is 11.3 Å². The van der Waals surface area contributed by atoms with E-state index in [1.165, 1.54) is 36.2 Å². The van der Waals surface area contributed by atoms with E-state index in [-0.39, 0.29) is 36.7 Å². The van der Waals surface area contributed by atoms with Gasteiger partial charge in [0, 0.05) is 12.6 Å². The van der Waals surface area contributed by atoms with Crippen molar-refractivity contribution in [3.8, 4) is 0 Å². The van der Waals surface area contributed by atoms with Crippen molar-refractivity contribution < 1.29 is 9.72 Å². The molecule has 1 aliphatic rings. The Morgan fingerprint density at radius 3 is 2.73 bits per heavy atom. The molecule has 1 saturated carbocycles. The quantitative estimate of drug-likeness (QED) is 0.601. The third kappa shape index (κ3) is 4.96. The number of halogens is 1. The smallest absolute Gasteiger partial charge is 0.358 e. The molecule has 0 spiro atoms. The van der Waals surface area contributed by atoms with Gasteiger partial charge in [-0.3, -0.25) is 4.79 Å². The van der Waals surface area contributed by atoms with Gasteiger partial charge in [-0.05, 0) is 23.7 Å². The van der Waals surface area contributed by atoms with Crippen molar-refractivity contribution in [3.05, 3.63) is 22.4 Å². The number of nitro groups is 1. The van der Waals surface area contributed by atoms with Crippen LogP contribution in [0.5, 0.6) is 0 Å². The zero-order valence-corrected chi connectivity index (χ0v) is 13.1. The van der Waals surface area contributed by atoms with Crippen LogP contribution in [0.25, 0.3) is 0 Å². The average Bonchev–Trinajstić information content (AvgIpc) is 2.94. The van der Waals surface area contributed by atoms with Crippen molar-refractivity contribution in [1.82, 2.24) is 15.1 Å². The summed E-state index contributed by atoms with van der Waals surface area (Å²) in [5, 5.41) is 17.2. The van der Waals surface area contributed by atoms with E-state index in [2.05, 4.69) is 10.4 Å². The monoisotopic (exact) mass is 331 g/mol. The van der Waals surface area contributed by atoms with Gasteiger partial charge in [0.2, 0.25) is 5.91 Å². The fraction of sp³-hybridized carbons (Fsp3) is 0.692. The lowest BCUT2D eigenvalue weighted by Crippen LogP contribution is -2.47. The van der Waals surface area contributed by atoms with Crippen molar-refractivity contribution in [2.24, 2.45) is 11.7 Å². The SMILES string of the molecule is Cl.NCC(NC(=O)Cn1ccc([N+](=O)[O-])n1)C1CCCCC1. The number of rotatable bonds is 6. The highest BCUT2D eigenvalue weighted by atomic mass is 35.5. The fourth-order valence-corrected chi connectivity index (χ4v) is 2.84. The lowest BCUT2D eigenvalue weighted by Gasteiger charge is -2.29. The second-order valence-electron chi connectivity index (χ2n) is 5.44. The van der Waals surface area contributed by atoms with E-state index >= 15 is 0 Å². The highest BCUT2D eigenvalue weighted by molar-refractivity contribution is 5.85. The third-order valence-corrected chi connectivity index (χ3v) is 3.94. The Morgan fingerprint density at radius 1 is 1.50 bits per heavy atom. The molecular weight excluding hydrogens is 310 g/mol. The Morgan fingerprint density at radius 2 is 2.18 bits per heavy atom. The van der Waals surface area contributed by atoms with Crippen LogP contribution in [0, 0.1) is 16.0 Å². The molecule has 1 unspecified atom stereocenters. The minimum Gasteiger partial charge on any atom is -0.358 e. The molecule has 1 aromatic heterocycles. The van der Waals surface area contributed by atoms with Crippen LogP contribution in [0.2, 0.25) is 0 Å². The molecule has 3 N–H and O–H groups in total. The van der Waals surface area contributed by atoms with E-state index in [0.29, 0.717) is 12.5 Å². The van der Waals surface area contributed by atoms with Crippen LogP contribution in [0.4, 0.5) is 5.82 Å². The zero-order valence-electron chi connectivity index (χ0n) is 12.3. The first kappa shape index (κ1) is 18.4. The van der Waals surface area contributed by atoms with Crippen molar-refractivity contribution in [3.63, 3.8) is 0 Å². The summed E-state index contributed by atoms with van der Waals surface area (Å²) >= 11 is 0. The molecule has 0 aliphatic heterocycles. The molecule has 0 radical (unpaired) electrons. The summed E-state index contributed by atoms with van der Waals surface area (Å²) in [6.07, 6.45) is 7.23. The Kier molecular flexibility index (Phi) is 7.26. The third-order valence-electron chi connectivity index (χ3n) is 3.94. The number of nitrogens with zero attached hydrogens (tertiary/aromatic N) is 3. The lowest BCUT2D eigenvalue weighted by molar-refractivity contribution is -0.389. The van der Waals surface area contributed by atoms with Crippen LogP contribution in [0.3, 0.4) is 0 Å². The molecule has 0 bridgehead atoms. The molecule has 2 rings (SSSR count). The molecule has 1 amide bonds. The second-order valence-corrected chi connectivity index (χ2v) is 5.44. The maximum Gasteiger partial charge on any atom is 0.389 e. The number of hydrogen-bond donors (Lipinski definition) is 2. The van der Waals surface area contributed by atoms with Gasteiger partial charge < -0.3 is 21.2 Å². The van der Waals surface area contributed by atoms with Crippen LogP contribution in [-0.4, -0.2) is 33.2 Å². The van der Waals surface area contributed by atoms with Gasteiger partial charge in [-0.1, -0.05) is 19.3 Å². The summed E-state index contributed by atoms with van der Waals surface area (Å²) in [5.41, 5.74) is 5.76. The van der Waals surface area contributed by atoms with E-state index in [1.807, 2.05) is 0 Å². The normalized spacial score (nSPS) is 16.6. The molecule has 1 fully saturated rings. The fourth-order valence-electron chi connectivity index (χ4n) is 2.84. The summed E-state index contributed by atoms with van der Waals surface area (Å²) in [6.45, 7) is 0.382. The molecule has 8 nitrogen and oxygen atoms in total. The molecule has 0 aromatic carbocycles. The van der Waals surface area contributed by atoms with E-state index < -0.39 is 4.92 Å². The summed E-state index contributed by atoms with van der Waals surface area (Å²) in [4.78, 5) is 22.0. The van der Waals surface area contributed by atoms with E-state index in [9.17, 15) is 14.9 Å². The number of amides is 1. The lowest BCUT2D eigenvalue weighted by atomic mass is 9.84. The van der Waals surface area contributed by atoms with Crippen molar-refractivity contribution >= 4 is 24.1 Å². The zero-order chi connectivity index (χ0) is 15.2. The highest BCUT2D eigenvalue weighted by Crippen LogP contribution is 2.26. The van der Waals surface area contributed by atoms with Crippen LogP contribution >= 0.6 is 12.4 Å². The summed E-state index contributed by atoms with van der Waals surface area (Å²) in [6, 6.07) is 1.25. The Hall–Kier alpha value is -1.67. The van der Waals surface area contributed by atoms with Crippen LogP contribution < -0.4 is 11.1 Å². The van der Waals surface area contributed by atoms with Crippen LogP contribution in [0.1, 0.15) is 32.1 Å². The second kappa shape index (κ2) is 8.70. The van der Waals surface area contributed by atoms with E-state index in [4.69, 9.17) is 5.73 Å². The molecule has 1 atom stereocenters. The number of carbonyl (C=O) groups is 1. The van der Waals surface area contributed by atoms with Crippen LogP contribution in [0.15, 0.2) is 12.3 Å². The molecule has 0 saturated heterocycles. The first-order valence-electron chi connectivity index (χ1n) is 7.27. The Labute approximate surface area is 135 Å². The molecular formula is C13H22ClN5O3. The van der Waals surface area contributed by atoms with Gasteiger partial charge in [-0.15, -0.1) is 12.4 Å². The predicted octanol–water partition coefficient (Wildman–Crippen LogP) is 1.24. The minimum atomic E-state index is -0.584. The molecule has 1 aliphatic carbocycles. The van der Waals surface area contributed by atoms with Crippen molar-refractivity contribution in [1.29, 1.82) is 0 Å². The summed E-state index contributed by atoms with van der Waals surface area (Å²) in [5.74, 6) is -0.0425. The average molecular weight is 332 g/mol. The van der Waals surface area contributed by atoms with Gasteiger partial charge in [0.05, 0.1) is 17.4 Å². The van der Waals surface area contributed by atoms with Crippen molar-refractivity contribution in [2.45, 2.75) is 44.7 Å². The number of carbonyl (C=O) groups excluding carboxylic acids is 1. The Balaban J connectivity index is 0.00000242. The molecule has 22 heavy (non-hydrogen) atoms. The van der Waals surface area contributed by atoms with Gasteiger partial charge in [-0.25, -0.2) is 0 Å². The molecule has 9 heteroatoms. The van der Waals surface area contributed by atoms with Gasteiger partial charge >= 0.3 is 5.82 Å². The summed E-state index contributed by atoms with van der Waals surface area (Å²) < 4.78 is 1.27. The first-order valence-corrected chi connectivity index (χ1v) is 7.27. The summed E-state index contributed by atoms with van der Waals surface area (Å²) in [7, 11) is 0. The predicted molar refractivity (Wildman–Crippen MR) is 83.7 cm³/mol. The van der Waals surface area contributed by atoms with Gasteiger partial charge in [0.15, 0.2) is 0 Å².